The van der Waals surface area contributed by atoms with Crippen molar-refractivity contribution in [3.8, 4) is 5.75 Å². The first kappa shape index (κ1) is 14.9. The summed E-state index contributed by atoms with van der Waals surface area (Å²) in [6.45, 7) is 3.62. The van der Waals surface area contributed by atoms with E-state index in [1.54, 1.807) is 0 Å². The molecule has 20 heavy (non-hydrogen) atoms. The van der Waals surface area contributed by atoms with Gasteiger partial charge in [-0.25, -0.2) is 0 Å². The molecule has 0 aliphatic carbocycles. The van der Waals surface area contributed by atoms with Crippen molar-refractivity contribution in [2.24, 2.45) is 0 Å². The second kappa shape index (κ2) is 6.32. The van der Waals surface area contributed by atoms with Gasteiger partial charge in [0.05, 0.1) is 18.8 Å². The van der Waals surface area contributed by atoms with E-state index in [0.717, 1.165) is 19.2 Å². The molecular formula is C13H17F3N2O2. The van der Waals surface area contributed by atoms with Crippen LogP contribution in [0, 0.1) is 0 Å². The van der Waals surface area contributed by atoms with Crippen molar-refractivity contribution in [2.75, 3.05) is 45.2 Å². The molecule has 2 N–H and O–H groups in total. The van der Waals surface area contributed by atoms with E-state index in [-0.39, 0.29) is 18.0 Å². The first-order valence-corrected chi connectivity index (χ1v) is 6.36. The average Bonchev–Trinajstić information content (AvgIpc) is 2.40. The summed E-state index contributed by atoms with van der Waals surface area (Å²) in [5, 5.41) is 0. The van der Waals surface area contributed by atoms with Crippen LogP contribution in [0.25, 0.3) is 0 Å². The van der Waals surface area contributed by atoms with Crippen molar-refractivity contribution in [1.82, 2.24) is 4.90 Å². The summed E-state index contributed by atoms with van der Waals surface area (Å²) in [6.07, 6.45) is -4.47. The van der Waals surface area contributed by atoms with Crippen LogP contribution in [-0.2, 0) is 10.9 Å². The van der Waals surface area contributed by atoms with Gasteiger partial charge in [0.25, 0.3) is 0 Å². The maximum Gasteiger partial charge on any atom is 0.420 e. The van der Waals surface area contributed by atoms with E-state index in [2.05, 4.69) is 4.90 Å². The normalized spacial score (nSPS) is 17.1. The van der Waals surface area contributed by atoms with Crippen molar-refractivity contribution in [2.45, 2.75) is 6.18 Å². The van der Waals surface area contributed by atoms with E-state index < -0.39 is 11.7 Å². The summed E-state index contributed by atoms with van der Waals surface area (Å²) in [7, 11) is 0. The van der Waals surface area contributed by atoms with Crippen LogP contribution in [0.5, 0.6) is 5.75 Å². The predicted octanol–water partition coefficient (Wildman–Crippen LogP) is 2.00. The zero-order valence-corrected chi connectivity index (χ0v) is 10.9. The Balaban J connectivity index is 1.95. The number of hydrogen-bond donors (Lipinski definition) is 1. The molecule has 1 aliphatic heterocycles. The third-order valence-corrected chi connectivity index (χ3v) is 3.08. The minimum Gasteiger partial charge on any atom is -0.492 e. The molecule has 4 nitrogen and oxygen atoms in total. The summed E-state index contributed by atoms with van der Waals surface area (Å²) in [4.78, 5) is 2.09. The third-order valence-electron chi connectivity index (χ3n) is 3.08. The topological polar surface area (TPSA) is 47.7 Å². The molecule has 1 heterocycles. The Labute approximate surface area is 115 Å². The number of nitrogen functional groups attached to an aromatic ring is 1. The molecule has 1 saturated heterocycles. The molecule has 0 unspecified atom stereocenters. The number of morpholine rings is 1. The summed E-state index contributed by atoms with van der Waals surface area (Å²) in [6, 6.07) is 3.56. The number of ether oxygens (including phenoxy) is 2. The highest BCUT2D eigenvalue weighted by atomic mass is 19.4. The Morgan fingerprint density at radius 2 is 1.95 bits per heavy atom. The Morgan fingerprint density at radius 1 is 1.25 bits per heavy atom. The lowest BCUT2D eigenvalue weighted by molar-refractivity contribution is -0.138. The highest BCUT2D eigenvalue weighted by Gasteiger charge is 2.34. The molecule has 0 amide bonds. The number of benzene rings is 1. The van der Waals surface area contributed by atoms with Crippen LogP contribution >= 0.6 is 0 Å². The van der Waals surface area contributed by atoms with Crippen LogP contribution in [0.3, 0.4) is 0 Å². The largest absolute Gasteiger partial charge is 0.492 e. The smallest absolute Gasteiger partial charge is 0.420 e. The Morgan fingerprint density at radius 3 is 2.60 bits per heavy atom. The van der Waals surface area contributed by atoms with Crippen LogP contribution in [-0.4, -0.2) is 44.4 Å². The molecular weight excluding hydrogens is 273 g/mol. The van der Waals surface area contributed by atoms with Gasteiger partial charge in [0.2, 0.25) is 0 Å². The monoisotopic (exact) mass is 290 g/mol. The number of anilines is 1. The minimum atomic E-state index is -4.47. The molecule has 112 valence electrons. The molecule has 0 saturated carbocycles. The Bertz CT molecular complexity index is 446. The quantitative estimate of drug-likeness (QED) is 0.862. The predicted molar refractivity (Wildman–Crippen MR) is 68.6 cm³/mol. The van der Waals surface area contributed by atoms with Gasteiger partial charge in [0.15, 0.2) is 0 Å². The van der Waals surface area contributed by atoms with Crippen molar-refractivity contribution in [1.29, 1.82) is 0 Å². The molecule has 1 aliphatic rings. The fourth-order valence-electron chi connectivity index (χ4n) is 2.00. The van der Waals surface area contributed by atoms with Crippen LogP contribution in [0.15, 0.2) is 18.2 Å². The van der Waals surface area contributed by atoms with Crippen LogP contribution in [0.1, 0.15) is 5.56 Å². The fourth-order valence-corrected chi connectivity index (χ4v) is 2.00. The van der Waals surface area contributed by atoms with Gasteiger partial charge in [-0.15, -0.1) is 0 Å². The van der Waals surface area contributed by atoms with Crippen molar-refractivity contribution < 1.29 is 22.6 Å². The zero-order chi connectivity index (χ0) is 14.6. The molecule has 2 rings (SSSR count). The number of rotatable bonds is 4. The van der Waals surface area contributed by atoms with E-state index in [1.165, 1.54) is 12.1 Å². The number of nitrogens with two attached hydrogens (primary N) is 1. The SMILES string of the molecule is Nc1ccc(OCCN2CCOCC2)c(C(F)(F)F)c1. The van der Waals surface area contributed by atoms with Crippen LogP contribution < -0.4 is 10.5 Å². The summed E-state index contributed by atoms with van der Waals surface area (Å²) in [5.41, 5.74) is 4.63. The minimum absolute atomic E-state index is 0.0675. The number of alkyl halides is 3. The van der Waals surface area contributed by atoms with Crippen LogP contribution in [0.2, 0.25) is 0 Å². The highest BCUT2D eigenvalue weighted by Crippen LogP contribution is 2.37. The van der Waals surface area contributed by atoms with E-state index in [0.29, 0.717) is 19.8 Å². The second-order valence-electron chi connectivity index (χ2n) is 4.56. The maximum atomic E-state index is 12.8. The molecule has 0 radical (unpaired) electrons. The molecule has 0 atom stereocenters. The summed E-state index contributed by atoms with van der Waals surface area (Å²) in [5.74, 6) is -0.181. The molecule has 1 aromatic carbocycles. The summed E-state index contributed by atoms with van der Waals surface area (Å²) < 4.78 is 49.0. The lowest BCUT2D eigenvalue weighted by atomic mass is 10.1. The van der Waals surface area contributed by atoms with E-state index >= 15 is 0 Å². The fraction of sp³-hybridized carbons (Fsp3) is 0.538. The molecule has 1 fully saturated rings. The van der Waals surface area contributed by atoms with Gasteiger partial charge in [-0.05, 0) is 18.2 Å². The second-order valence-corrected chi connectivity index (χ2v) is 4.56. The zero-order valence-electron chi connectivity index (χ0n) is 10.9. The van der Waals surface area contributed by atoms with Gasteiger partial charge in [-0.1, -0.05) is 0 Å². The third kappa shape index (κ3) is 4.01. The Kier molecular flexibility index (Phi) is 4.72. The van der Waals surface area contributed by atoms with Crippen LogP contribution in [0.4, 0.5) is 18.9 Å². The Hall–Kier alpha value is -1.47. The average molecular weight is 290 g/mol. The molecule has 1 aromatic rings. The van der Waals surface area contributed by atoms with Gasteiger partial charge in [0, 0.05) is 25.3 Å². The lowest BCUT2D eigenvalue weighted by Crippen LogP contribution is -2.38. The van der Waals surface area contributed by atoms with Crippen molar-refractivity contribution in [3.05, 3.63) is 23.8 Å². The first-order chi connectivity index (χ1) is 9.47. The van der Waals surface area contributed by atoms with Gasteiger partial charge in [-0.2, -0.15) is 13.2 Å². The van der Waals surface area contributed by atoms with E-state index in [1.807, 2.05) is 0 Å². The molecule has 0 spiro atoms. The van der Waals surface area contributed by atoms with E-state index in [9.17, 15) is 13.2 Å². The number of nitrogens with zero attached hydrogens (tertiary/aromatic N) is 1. The standard InChI is InChI=1S/C13H17F3N2O2/c14-13(15,16)11-9-10(17)1-2-12(11)20-8-5-18-3-6-19-7-4-18/h1-2,9H,3-8,17H2. The highest BCUT2D eigenvalue weighted by molar-refractivity contribution is 5.49. The number of halogens is 3. The number of hydrogen-bond acceptors (Lipinski definition) is 4. The van der Waals surface area contributed by atoms with Gasteiger partial charge in [0.1, 0.15) is 12.4 Å². The first-order valence-electron chi connectivity index (χ1n) is 6.36. The lowest BCUT2D eigenvalue weighted by Gasteiger charge is -2.26. The van der Waals surface area contributed by atoms with Crippen molar-refractivity contribution >= 4 is 5.69 Å². The van der Waals surface area contributed by atoms with Gasteiger partial charge >= 0.3 is 6.18 Å². The molecule has 0 bridgehead atoms. The maximum absolute atomic E-state index is 12.8. The van der Waals surface area contributed by atoms with Gasteiger partial charge < -0.3 is 15.2 Å². The van der Waals surface area contributed by atoms with Crippen molar-refractivity contribution in [3.63, 3.8) is 0 Å². The summed E-state index contributed by atoms with van der Waals surface area (Å²) >= 11 is 0. The van der Waals surface area contributed by atoms with Gasteiger partial charge in [-0.3, -0.25) is 4.90 Å². The molecule has 0 aromatic heterocycles. The van der Waals surface area contributed by atoms with E-state index in [4.69, 9.17) is 15.2 Å². The molecule has 7 heteroatoms.